The Hall–Kier alpha value is -3.86. The van der Waals surface area contributed by atoms with Crippen LogP contribution in [-0.2, 0) is 26.0 Å². The Kier molecular flexibility index (Phi) is 14.1. The van der Waals surface area contributed by atoms with E-state index in [1.165, 1.54) is 47.9 Å². The van der Waals surface area contributed by atoms with Gasteiger partial charge in [0.25, 0.3) is 11.8 Å². The fourth-order valence-corrected chi connectivity index (χ4v) is 6.49. The molecule has 16 heteroatoms. The average Bonchev–Trinajstić information content (AvgIpc) is 3.76. The molecule has 0 aliphatic carbocycles. The number of sulfonamides is 1. The number of hydrogen-bond donors (Lipinski definition) is 5. The summed E-state index contributed by atoms with van der Waals surface area (Å²) in [5.74, 6) is -1.79. The molecule has 0 aliphatic heterocycles. The first-order valence-electron chi connectivity index (χ1n) is 15.5. The maximum Gasteiger partial charge on any atom is 0.251 e. The van der Waals surface area contributed by atoms with E-state index in [1.807, 2.05) is 43.0 Å². The minimum atomic E-state index is -3.71. The molecule has 0 spiro atoms. The van der Waals surface area contributed by atoms with Gasteiger partial charge in [-0.05, 0) is 67.3 Å². The number of likely N-dealkylation sites (N-methyl/N-ethyl adjacent to an activating group) is 1. The molecule has 4 amide bonds. The number of carbonyl (C=O) groups is 4. The van der Waals surface area contributed by atoms with Crippen molar-refractivity contribution in [2.45, 2.75) is 65.2 Å². The van der Waals surface area contributed by atoms with Crippen molar-refractivity contribution >= 4 is 62.0 Å². The zero-order chi connectivity index (χ0) is 35.6. The van der Waals surface area contributed by atoms with Crippen LogP contribution in [0, 0.1) is 5.92 Å². The Balaban J connectivity index is 1.83. The number of carbonyl (C=O) groups excluding carboxylic acids is 4. The molecule has 0 fully saturated rings. The fourth-order valence-electron chi connectivity index (χ4n) is 4.67. The van der Waals surface area contributed by atoms with Gasteiger partial charge in [-0.2, -0.15) is 11.3 Å². The first kappa shape index (κ1) is 38.6. The SMILES string of the molecule is CCNC(=O)[C@@H](NC(=O)[C@H](C)NC[C@H](Cc1cscn1)NC(=O)c1cc(C(=O)NC(C)c2ccsc2)cc(N(C)S(C)(=O)=O)c1)C(C)C. The molecular formula is C32H45N7O6S3. The van der Waals surface area contributed by atoms with E-state index < -0.39 is 40.0 Å². The molecule has 13 nitrogen and oxygen atoms in total. The maximum atomic E-state index is 13.7. The number of rotatable bonds is 17. The molecule has 48 heavy (non-hydrogen) atoms. The summed E-state index contributed by atoms with van der Waals surface area (Å²) in [6.45, 7) is 9.61. The molecular weight excluding hydrogens is 675 g/mol. The van der Waals surface area contributed by atoms with E-state index in [9.17, 15) is 27.6 Å². The summed E-state index contributed by atoms with van der Waals surface area (Å²) in [5, 5.41) is 20.2. The lowest BCUT2D eigenvalue weighted by Gasteiger charge is -2.25. The van der Waals surface area contributed by atoms with E-state index in [1.54, 1.807) is 19.4 Å². The highest BCUT2D eigenvalue weighted by Crippen LogP contribution is 2.23. The third-order valence-corrected chi connectivity index (χ3v) is 10.2. The third-order valence-electron chi connectivity index (χ3n) is 7.63. The van der Waals surface area contributed by atoms with Gasteiger partial charge in [0.2, 0.25) is 21.8 Å². The van der Waals surface area contributed by atoms with Crippen LogP contribution < -0.4 is 30.9 Å². The smallest absolute Gasteiger partial charge is 0.251 e. The lowest BCUT2D eigenvalue weighted by molar-refractivity contribution is -0.130. The molecule has 2 heterocycles. The molecule has 0 bridgehead atoms. The van der Waals surface area contributed by atoms with Crippen LogP contribution in [0.25, 0.3) is 0 Å². The van der Waals surface area contributed by atoms with E-state index in [-0.39, 0.29) is 47.1 Å². The normalized spacial score (nSPS) is 14.0. The van der Waals surface area contributed by atoms with Crippen molar-refractivity contribution in [2.24, 2.45) is 5.92 Å². The van der Waals surface area contributed by atoms with Crippen LogP contribution >= 0.6 is 22.7 Å². The van der Waals surface area contributed by atoms with Crippen LogP contribution in [0.2, 0.25) is 0 Å². The molecule has 3 rings (SSSR count). The second-order valence-electron chi connectivity index (χ2n) is 11.9. The van der Waals surface area contributed by atoms with Crippen molar-refractivity contribution in [2.75, 3.05) is 30.7 Å². The number of nitrogens with one attached hydrogen (secondary N) is 5. The molecule has 1 aromatic carbocycles. The van der Waals surface area contributed by atoms with E-state index >= 15 is 0 Å². The molecule has 4 atom stereocenters. The monoisotopic (exact) mass is 719 g/mol. The molecule has 0 saturated heterocycles. The number of aromatic nitrogens is 1. The van der Waals surface area contributed by atoms with Crippen LogP contribution in [0.3, 0.4) is 0 Å². The number of benzene rings is 1. The van der Waals surface area contributed by atoms with Crippen LogP contribution in [0.4, 0.5) is 5.69 Å². The number of thiazole rings is 1. The lowest BCUT2D eigenvalue weighted by atomic mass is 10.0. The summed E-state index contributed by atoms with van der Waals surface area (Å²) in [4.78, 5) is 56.9. The summed E-state index contributed by atoms with van der Waals surface area (Å²) in [7, 11) is -2.37. The van der Waals surface area contributed by atoms with Gasteiger partial charge in [-0.25, -0.2) is 13.4 Å². The number of hydrogen-bond acceptors (Lipinski definition) is 10. The largest absolute Gasteiger partial charge is 0.355 e. The summed E-state index contributed by atoms with van der Waals surface area (Å²) < 4.78 is 25.8. The zero-order valence-electron chi connectivity index (χ0n) is 28.2. The molecule has 1 unspecified atom stereocenters. The van der Waals surface area contributed by atoms with Crippen LogP contribution in [-0.4, -0.2) is 81.5 Å². The Bertz CT molecular complexity index is 1650. The van der Waals surface area contributed by atoms with Gasteiger partial charge in [0.15, 0.2) is 0 Å². The van der Waals surface area contributed by atoms with Crippen molar-refractivity contribution in [1.29, 1.82) is 0 Å². The standard InChI is InChI=1S/C32H45N7O6S3/c1-8-33-32(43)28(19(2)3)38-29(40)21(5)34-15-25(14-26-17-47-18-35-26)37-31(42)24-11-23(12-27(13-24)39(6)48(7,44)45)30(41)36-20(4)22-9-10-46-16-22/h9-13,16-21,25,28,34H,8,14-15H2,1-7H3,(H,33,43)(H,36,41)(H,37,42)(H,38,40)/t20?,21-,25-,28-/m0/s1. The van der Waals surface area contributed by atoms with Crippen molar-refractivity contribution in [3.8, 4) is 0 Å². The van der Waals surface area contributed by atoms with Crippen molar-refractivity contribution in [1.82, 2.24) is 31.6 Å². The summed E-state index contributed by atoms with van der Waals surface area (Å²) in [5.41, 5.74) is 3.66. The van der Waals surface area contributed by atoms with Gasteiger partial charge in [-0.1, -0.05) is 13.8 Å². The number of thiophene rings is 1. The molecule has 0 aliphatic rings. The van der Waals surface area contributed by atoms with Gasteiger partial charge in [0.05, 0.1) is 35.2 Å². The Morgan fingerprint density at radius 2 is 1.58 bits per heavy atom. The van der Waals surface area contributed by atoms with Gasteiger partial charge in [0, 0.05) is 49.1 Å². The molecule has 0 saturated carbocycles. The quantitative estimate of drug-likeness (QED) is 0.141. The zero-order valence-corrected chi connectivity index (χ0v) is 30.6. The van der Waals surface area contributed by atoms with Crippen LogP contribution in [0.5, 0.6) is 0 Å². The van der Waals surface area contributed by atoms with Crippen molar-refractivity contribution in [3.63, 3.8) is 0 Å². The van der Waals surface area contributed by atoms with Gasteiger partial charge >= 0.3 is 0 Å². The Morgan fingerprint density at radius 3 is 2.12 bits per heavy atom. The van der Waals surface area contributed by atoms with Crippen LogP contribution in [0.1, 0.15) is 72.6 Å². The number of nitrogens with zero attached hydrogens (tertiary/aromatic N) is 2. The van der Waals surface area contributed by atoms with Gasteiger partial charge in [-0.15, -0.1) is 11.3 Å². The highest BCUT2D eigenvalue weighted by molar-refractivity contribution is 7.92. The number of anilines is 1. The lowest BCUT2D eigenvalue weighted by Crippen LogP contribution is -2.55. The minimum Gasteiger partial charge on any atom is -0.355 e. The van der Waals surface area contributed by atoms with E-state index in [0.29, 0.717) is 13.0 Å². The summed E-state index contributed by atoms with van der Waals surface area (Å²) >= 11 is 2.91. The van der Waals surface area contributed by atoms with E-state index in [4.69, 9.17) is 0 Å². The second kappa shape index (κ2) is 17.5. The van der Waals surface area contributed by atoms with Gasteiger partial charge < -0.3 is 26.6 Å². The Labute approximate surface area is 290 Å². The molecule has 3 aromatic rings. The van der Waals surface area contributed by atoms with Crippen molar-refractivity contribution < 1.29 is 27.6 Å². The first-order valence-corrected chi connectivity index (χ1v) is 19.2. The van der Waals surface area contributed by atoms with Crippen molar-refractivity contribution in [3.05, 3.63) is 68.3 Å². The number of amides is 4. The summed E-state index contributed by atoms with van der Waals surface area (Å²) in [6, 6.07) is 3.87. The molecule has 5 N–H and O–H groups in total. The molecule has 262 valence electrons. The average molecular weight is 720 g/mol. The molecule has 2 aromatic heterocycles. The molecule has 0 radical (unpaired) electrons. The van der Waals surface area contributed by atoms with Gasteiger partial charge in [0.1, 0.15) is 6.04 Å². The Morgan fingerprint density at radius 1 is 0.917 bits per heavy atom. The highest BCUT2D eigenvalue weighted by Gasteiger charge is 2.27. The van der Waals surface area contributed by atoms with E-state index in [2.05, 4.69) is 31.6 Å². The first-order chi connectivity index (χ1) is 22.6. The summed E-state index contributed by atoms with van der Waals surface area (Å²) in [6.07, 6.45) is 1.36. The predicted molar refractivity (Wildman–Crippen MR) is 190 cm³/mol. The topological polar surface area (TPSA) is 179 Å². The highest BCUT2D eigenvalue weighted by atomic mass is 32.2. The maximum absolute atomic E-state index is 13.7. The predicted octanol–water partition coefficient (Wildman–Crippen LogP) is 2.69. The van der Waals surface area contributed by atoms with Crippen LogP contribution in [0.15, 0.2) is 45.9 Å². The minimum absolute atomic E-state index is 0.0760. The van der Waals surface area contributed by atoms with E-state index in [0.717, 1.165) is 21.8 Å². The fraction of sp³-hybridized carbons (Fsp3) is 0.469. The second-order valence-corrected chi connectivity index (χ2v) is 15.4. The third kappa shape index (κ3) is 11.1. The van der Waals surface area contributed by atoms with Gasteiger partial charge in [-0.3, -0.25) is 23.5 Å².